The summed E-state index contributed by atoms with van der Waals surface area (Å²) in [5.74, 6) is -0.711. The molecular formula is C24H22F3NO5S. The molecule has 0 atom stereocenters. The lowest BCUT2D eigenvalue weighted by molar-refractivity contribution is -0.137. The standard InChI is InChI=1S/C24H22F3NO5S/c1-3-16-5-14-21(15-22(16)23(29)30)34(31,32)28(4-2)18-8-12-20(13-9-18)33-19-10-6-17(7-11-19)24(25,26)27/h5-15H,3-4H2,1-2H3,(H,29,30). The summed E-state index contributed by atoms with van der Waals surface area (Å²) in [6.45, 7) is 3.50. The highest BCUT2D eigenvalue weighted by molar-refractivity contribution is 7.92. The summed E-state index contributed by atoms with van der Waals surface area (Å²) in [5.41, 5.74) is -0.0186. The number of carbonyl (C=O) groups is 1. The van der Waals surface area contributed by atoms with Gasteiger partial charge in [-0.05, 0) is 79.6 Å². The number of ether oxygens (including phenoxy) is 1. The number of sulfonamides is 1. The Labute approximate surface area is 195 Å². The molecule has 0 aliphatic rings. The lowest BCUT2D eigenvalue weighted by Crippen LogP contribution is -2.31. The highest BCUT2D eigenvalue weighted by atomic mass is 32.2. The highest BCUT2D eigenvalue weighted by Gasteiger charge is 2.30. The number of aromatic carboxylic acids is 1. The fourth-order valence-corrected chi connectivity index (χ4v) is 4.87. The molecule has 0 aliphatic carbocycles. The van der Waals surface area contributed by atoms with Crippen LogP contribution >= 0.6 is 0 Å². The molecule has 0 unspecified atom stereocenters. The second-order valence-corrected chi connectivity index (χ2v) is 9.13. The normalized spacial score (nSPS) is 11.8. The van der Waals surface area contributed by atoms with Gasteiger partial charge in [-0.15, -0.1) is 0 Å². The molecule has 10 heteroatoms. The molecule has 0 bridgehead atoms. The van der Waals surface area contributed by atoms with E-state index in [1.54, 1.807) is 13.8 Å². The van der Waals surface area contributed by atoms with Crippen LogP contribution in [-0.4, -0.2) is 26.0 Å². The Balaban J connectivity index is 1.85. The zero-order chi connectivity index (χ0) is 25.1. The highest BCUT2D eigenvalue weighted by Crippen LogP contribution is 2.32. The van der Waals surface area contributed by atoms with Gasteiger partial charge in [-0.25, -0.2) is 13.2 Å². The van der Waals surface area contributed by atoms with Gasteiger partial charge in [0.1, 0.15) is 11.5 Å². The minimum absolute atomic E-state index is 0.0695. The van der Waals surface area contributed by atoms with Gasteiger partial charge in [0.05, 0.1) is 21.7 Å². The molecule has 0 amide bonds. The number of hydrogen-bond donors (Lipinski definition) is 1. The lowest BCUT2D eigenvalue weighted by Gasteiger charge is -2.23. The van der Waals surface area contributed by atoms with Crippen molar-refractivity contribution in [3.05, 3.63) is 83.4 Å². The Morgan fingerprint density at radius 3 is 1.97 bits per heavy atom. The van der Waals surface area contributed by atoms with E-state index in [2.05, 4.69) is 0 Å². The lowest BCUT2D eigenvalue weighted by atomic mass is 10.1. The van der Waals surface area contributed by atoms with Crippen molar-refractivity contribution in [2.45, 2.75) is 31.3 Å². The molecule has 0 fully saturated rings. The van der Waals surface area contributed by atoms with Crippen LogP contribution in [0.5, 0.6) is 11.5 Å². The van der Waals surface area contributed by atoms with E-state index in [4.69, 9.17) is 4.74 Å². The molecule has 0 aromatic heterocycles. The van der Waals surface area contributed by atoms with Crippen LogP contribution in [0, 0.1) is 0 Å². The predicted molar refractivity (Wildman–Crippen MR) is 121 cm³/mol. The van der Waals surface area contributed by atoms with Crippen LogP contribution in [0.3, 0.4) is 0 Å². The second kappa shape index (κ2) is 9.76. The first kappa shape index (κ1) is 25.1. The predicted octanol–water partition coefficient (Wildman–Crippen LogP) is 5.97. The minimum Gasteiger partial charge on any atom is -0.478 e. The maximum atomic E-state index is 13.2. The zero-order valence-electron chi connectivity index (χ0n) is 18.3. The Morgan fingerprint density at radius 1 is 0.941 bits per heavy atom. The van der Waals surface area contributed by atoms with E-state index >= 15 is 0 Å². The summed E-state index contributed by atoms with van der Waals surface area (Å²) in [5, 5.41) is 9.43. The van der Waals surface area contributed by atoms with Crippen molar-refractivity contribution in [3.63, 3.8) is 0 Å². The van der Waals surface area contributed by atoms with Crippen LogP contribution in [0.1, 0.15) is 35.3 Å². The summed E-state index contributed by atoms with van der Waals surface area (Å²) >= 11 is 0. The Kier molecular flexibility index (Phi) is 7.21. The number of alkyl halides is 3. The molecular weight excluding hydrogens is 471 g/mol. The number of anilines is 1. The van der Waals surface area contributed by atoms with Crippen LogP contribution in [-0.2, 0) is 22.6 Å². The topological polar surface area (TPSA) is 83.9 Å². The summed E-state index contributed by atoms with van der Waals surface area (Å²) in [6.07, 6.45) is -4.00. The number of carboxylic acid groups (broad SMARTS) is 1. The molecule has 3 aromatic carbocycles. The number of carboxylic acids is 1. The summed E-state index contributed by atoms with van der Waals surface area (Å²) in [7, 11) is -4.05. The van der Waals surface area contributed by atoms with E-state index < -0.39 is 27.7 Å². The van der Waals surface area contributed by atoms with Crippen molar-refractivity contribution in [1.29, 1.82) is 0 Å². The van der Waals surface area contributed by atoms with Gasteiger partial charge in [-0.3, -0.25) is 4.31 Å². The smallest absolute Gasteiger partial charge is 0.416 e. The molecule has 0 spiro atoms. The number of hydrogen-bond acceptors (Lipinski definition) is 4. The van der Waals surface area contributed by atoms with Gasteiger partial charge in [0.25, 0.3) is 10.0 Å². The van der Waals surface area contributed by atoms with Crippen molar-refractivity contribution >= 4 is 21.7 Å². The molecule has 3 rings (SSSR count). The number of aryl methyl sites for hydroxylation is 1. The molecule has 34 heavy (non-hydrogen) atoms. The first-order valence-electron chi connectivity index (χ1n) is 10.3. The fourth-order valence-electron chi connectivity index (χ4n) is 3.37. The average molecular weight is 494 g/mol. The van der Waals surface area contributed by atoms with Crippen molar-refractivity contribution in [3.8, 4) is 11.5 Å². The number of rotatable bonds is 8. The fraction of sp³-hybridized carbons (Fsp3) is 0.208. The monoisotopic (exact) mass is 493 g/mol. The quantitative estimate of drug-likeness (QED) is 0.418. The van der Waals surface area contributed by atoms with Crippen molar-refractivity contribution in [2.24, 2.45) is 0 Å². The molecule has 3 aromatic rings. The molecule has 0 aliphatic heterocycles. The average Bonchev–Trinajstić information content (AvgIpc) is 2.79. The molecule has 180 valence electrons. The number of halogens is 3. The second-order valence-electron chi connectivity index (χ2n) is 7.27. The molecule has 0 heterocycles. The largest absolute Gasteiger partial charge is 0.478 e. The Bertz CT molecular complexity index is 1270. The van der Waals surface area contributed by atoms with Gasteiger partial charge < -0.3 is 9.84 Å². The van der Waals surface area contributed by atoms with Crippen molar-refractivity contribution < 1.29 is 36.2 Å². The van der Waals surface area contributed by atoms with Gasteiger partial charge in [-0.1, -0.05) is 13.0 Å². The molecule has 0 saturated heterocycles. The van der Waals surface area contributed by atoms with E-state index in [0.717, 1.165) is 22.5 Å². The third kappa shape index (κ3) is 5.33. The first-order valence-corrected chi connectivity index (χ1v) is 11.8. The summed E-state index contributed by atoms with van der Waals surface area (Å²) in [4.78, 5) is 11.4. The van der Waals surface area contributed by atoms with Crippen LogP contribution in [0.15, 0.2) is 71.6 Å². The van der Waals surface area contributed by atoms with Crippen LogP contribution < -0.4 is 9.04 Å². The van der Waals surface area contributed by atoms with E-state index in [0.29, 0.717) is 23.4 Å². The first-order chi connectivity index (χ1) is 16.0. The number of nitrogens with zero attached hydrogens (tertiary/aromatic N) is 1. The van der Waals surface area contributed by atoms with Gasteiger partial charge in [0.2, 0.25) is 0 Å². The van der Waals surface area contributed by atoms with Crippen molar-refractivity contribution in [1.82, 2.24) is 0 Å². The molecule has 0 saturated carbocycles. The third-order valence-corrected chi connectivity index (χ3v) is 7.01. The molecule has 1 N–H and O–H groups in total. The summed E-state index contributed by atoms with van der Waals surface area (Å²) < 4.78 is 71.2. The van der Waals surface area contributed by atoms with E-state index in [1.165, 1.54) is 48.5 Å². The van der Waals surface area contributed by atoms with Gasteiger partial charge >= 0.3 is 12.1 Å². The SMILES string of the molecule is CCc1ccc(S(=O)(=O)N(CC)c2ccc(Oc3ccc(C(F)(F)F)cc3)cc2)cc1C(=O)O. The Hall–Kier alpha value is -3.53. The third-order valence-electron chi connectivity index (χ3n) is 5.11. The summed E-state index contributed by atoms with van der Waals surface area (Å²) in [6, 6.07) is 14.2. The Morgan fingerprint density at radius 2 is 1.50 bits per heavy atom. The number of benzene rings is 3. The van der Waals surface area contributed by atoms with Crippen LogP contribution in [0.2, 0.25) is 0 Å². The van der Waals surface area contributed by atoms with Crippen LogP contribution in [0.25, 0.3) is 0 Å². The van der Waals surface area contributed by atoms with Crippen molar-refractivity contribution in [2.75, 3.05) is 10.8 Å². The van der Waals surface area contributed by atoms with Gasteiger partial charge in [-0.2, -0.15) is 13.2 Å². The minimum atomic E-state index is -4.45. The molecule has 0 radical (unpaired) electrons. The van der Waals surface area contributed by atoms with E-state index in [9.17, 15) is 31.5 Å². The van der Waals surface area contributed by atoms with Crippen LogP contribution in [0.4, 0.5) is 18.9 Å². The van der Waals surface area contributed by atoms with Gasteiger partial charge in [0.15, 0.2) is 0 Å². The maximum Gasteiger partial charge on any atom is 0.416 e. The zero-order valence-corrected chi connectivity index (χ0v) is 19.2. The van der Waals surface area contributed by atoms with Gasteiger partial charge in [0, 0.05) is 6.54 Å². The molecule has 6 nitrogen and oxygen atoms in total. The maximum absolute atomic E-state index is 13.2. The van der Waals surface area contributed by atoms with E-state index in [1.807, 2.05) is 0 Å². The van der Waals surface area contributed by atoms with E-state index in [-0.39, 0.29) is 22.8 Å².